The van der Waals surface area contributed by atoms with E-state index in [1.165, 1.54) is 18.3 Å². The number of nitrogens with one attached hydrogen (secondary N) is 1. The molecule has 0 bridgehead atoms. The number of benzene rings is 2. The summed E-state index contributed by atoms with van der Waals surface area (Å²) in [5.74, 6) is -1.13. The molecule has 2 aromatic carbocycles. The predicted molar refractivity (Wildman–Crippen MR) is 91.7 cm³/mol. The fraction of sp³-hybridized carbons (Fsp3) is 0.0667. The monoisotopic (exact) mass is 480 g/mol. The van der Waals surface area contributed by atoms with Crippen LogP contribution in [-0.2, 0) is 0 Å². The normalized spacial score (nSPS) is 11.6. The Morgan fingerprint density at radius 3 is 2.44 bits per heavy atom. The number of amides is 1. The fourth-order valence-corrected chi connectivity index (χ4v) is 2.98. The van der Waals surface area contributed by atoms with E-state index in [2.05, 4.69) is 47.1 Å². The lowest BCUT2D eigenvalue weighted by molar-refractivity contribution is -0.274. The smallest absolute Gasteiger partial charge is 0.506 e. The number of carbonyl (C=O) groups excluding carboxylic acids is 1. The molecular formula is C15H9Br2F3N2O3. The quantitative estimate of drug-likeness (QED) is 0.496. The van der Waals surface area contributed by atoms with Gasteiger partial charge >= 0.3 is 6.36 Å². The maximum absolute atomic E-state index is 12.1. The zero-order valence-electron chi connectivity index (χ0n) is 12.1. The summed E-state index contributed by atoms with van der Waals surface area (Å²) in [5.41, 5.74) is 2.64. The van der Waals surface area contributed by atoms with Gasteiger partial charge in [-0.3, -0.25) is 4.79 Å². The van der Waals surface area contributed by atoms with Crippen LogP contribution < -0.4 is 10.2 Å². The Morgan fingerprint density at radius 2 is 1.84 bits per heavy atom. The van der Waals surface area contributed by atoms with Gasteiger partial charge in [-0.25, -0.2) is 5.43 Å². The largest absolute Gasteiger partial charge is 0.573 e. The lowest BCUT2D eigenvalue weighted by Crippen LogP contribution is -2.19. The first-order valence-corrected chi connectivity index (χ1v) is 8.11. The Balaban J connectivity index is 2.03. The molecule has 132 valence electrons. The minimum Gasteiger partial charge on any atom is -0.506 e. The number of nitrogens with zero attached hydrogens (tertiary/aromatic N) is 1. The molecule has 2 aromatic rings. The van der Waals surface area contributed by atoms with Gasteiger partial charge in [0.25, 0.3) is 5.91 Å². The van der Waals surface area contributed by atoms with Crippen LogP contribution in [0.5, 0.6) is 11.5 Å². The van der Waals surface area contributed by atoms with Crippen molar-refractivity contribution in [1.29, 1.82) is 0 Å². The molecule has 0 aromatic heterocycles. The second-order valence-electron chi connectivity index (χ2n) is 4.60. The summed E-state index contributed by atoms with van der Waals surface area (Å²) in [6.45, 7) is 0. The standard InChI is InChI=1S/C15H9Br2F3N2O3/c16-10-5-9(13(23)12(17)6-10)7-21-22-14(24)8-1-3-11(4-2-8)25-15(18,19)20/h1-7,23H,(H,22,24). The summed E-state index contributed by atoms with van der Waals surface area (Å²) in [6, 6.07) is 7.58. The Hall–Kier alpha value is -2.07. The average Bonchev–Trinajstić information content (AvgIpc) is 2.51. The van der Waals surface area contributed by atoms with Crippen molar-refractivity contribution in [1.82, 2.24) is 5.43 Å². The van der Waals surface area contributed by atoms with Crippen LogP contribution in [0.1, 0.15) is 15.9 Å². The van der Waals surface area contributed by atoms with E-state index >= 15 is 0 Å². The van der Waals surface area contributed by atoms with Crippen LogP contribution in [0.25, 0.3) is 0 Å². The molecule has 0 aliphatic heterocycles. The van der Waals surface area contributed by atoms with Crippen LogP contribution in [0.4, 0.5) is 13.2 Å². The van der Waals surface area contributed by atoms with Crippen LogP contribution in [0.3, 0.4) is 0 Å². The van der Waals surface area contributed by atoms with Crippen LogP contribution in [0.2, 0.25) is 0 Å². The van der Waals surface area contributed by atoms with E-state index in [9.17, 15) is 23.1 Å². The van der Waals surface area contributed by atoms with E-state index in [-0.39, 0.29) is 11.3 Å². The third-order valence-electron chi connectivity index (χ3n) is 2.78. The highest BCUT2D eigenvalue weighted by Gasteiger charge is 2.31. The molecule has 0 saturated carbocycles. The van der Waals surface area contributed by atoms with E-state index in [0.717, 1.165) is 12.1 Å². The summed E-state index contributed by atoms with van der Waals surface area (Å²) in [4.78, 5) is 11.9. The SMILES string of the molecule is O=C(NN=Cc1cc(Br)cc(Br)c1O)c1ccc(OC(F)(F)F)cc1. The van der Waals surface area contributed by atoms with Crippen molar-refractivity contribution in [3.05, 3.63) is 56.5 Å². The van der Waals surface area contributed by atoms with Crippen molar-refractivity contribution in [2.24, 2.45) is 5.10 Å². The molecule has 0 spiro atoms. The molecule has 2 N–H and O–H groups in total. The number of phenols is 1. The summed E-state index contributed by atoms with van der Waals surface area (Å²) in [6.07, 6.45) is -3.57. The number of hydrogen-bond donors (Lipinski definition) is 2. The molecule has 0 saturated heterocycles. The molecule has 25 heavy (non-hydrogen) atoms. The van der Waals surface area contributed by atoms with E-state index in [4.69, 9.17) is 0 Å². The molecule has 2 rings (SSSR count). The van der Waals surface area contributed by atoms with Gasteiger partial charge in [0, 0.05) is 15.6 Å². The van der Waals surface area contributed by atoms with Gasteiger partial charge in [-0.05, 0) is 52.3 Å². The van der Waals surface area contributed by atoms with Crippen molar-refractivity contribution in [3.63, 3.8) is 0 Å². The highest BCUT2D eigenvalue weighted by Crippen LogP contribution is 2.30. The number of alkyl halides is 3. The van der Waals surface area contributed by atoms with Gasteiger partial charge in [-0.2, -0.15) is 5.10 Å². The van der Waals surface area contributed by atoms with E-state index in [1.54, 1.807) is 12.1 Å². The van der Waals surface area contributed by atoms with E-state index in [0.29, 0.717) is 14.5 Å². The maximum atomic E-state index is 12.1. The van der Waals surface area contributed by atoms with Gasteiger partial charge in [0.2, 0.25) is 0 Å². The zero-order chi connectivity index (χ0) is 18.6. The van der Waals surface area contributed by atoms with Crippen molar-refractivity contribution >= 4 is 44.0 Å². The molecule has 10 heteroatoms. The summed E-state index contributed by atoms with van der Waals surface area (Å²) in [7, 11) is 0. The van der Waals surface area contributed by atoms with Crippen LogP contribution in [0, 0.1) is 0 Å². The van der Waals surface area contributed by atoms with Crippen molar-refractivity contribution < 1.29 is 27.8 Å². The second kappa shape index (κ2) is 7.87. The average molecular weight is 482 g/mol. The first kappa shape index (κ1) is 19.3. The Bertz CT molecular complexity index is 809. The van der Waals surface area contributed by atoms with E-state index in [1.807, 2.05) is 0 Å². The molecule has 0 heterocycles. The summed E-state index contributed by atoms with van der Waals surface area (Å²) < 4.78 is 41.0. The van der Waals surface area contributed by atoms with Gasteiger partial charge < -0.3 is 9.84 Å². The zero-order valence-corrected chi connectivity index (χ0v) is 15.3. The Morgan fingerprint density at radius 1 is 1.20 bits per heavy atom. The minimum atomic E-state index is -4.80. The minimum absolute atomic E-state index is 0.0603. The number of phenolic OH excluding ortho intramolecular Hbond substituents is 1. The molecular weight excluding hydrogens is 473 g/mol. The first-order valence-electron chi connectivity index (χ1n) is 6.53. The van der Waals surface area contributed by atoms with Gasteiger partial charge in [0.1, 0.15) is 11.5 Å². The van der Waals surface area contributed by atoms with Crippen LogP contribution in [-0.4, -0.2) is 23.6 Å². The number of hydrazone groups is 1. The molecule has 0 atom stereocenters. The van der Waals surface area contributed by atoms with Gasteiger partial charge in [-0.15, -0.1) is 13.2 Å². The summed E-state index contributed by atoms with van der Waals surface area (Å²) >= 11 is 6.41. The number of carbonyl (C=O) groups is 1. The Labute approximate surface area is 156 Å². The molecule has 0 aliphatic rings. The molecule has 0 unspecified atom stereocenters. The number of aromatic hydroxyl groups is 1. The molecule has 1 amide bonds. The highest BCUT2D eigenvalue weighted by atomic mass is 79.9. The summed E-state index contributed by atoms with van der Waals surface area (Å²) in [5, 5.41) is 13.6. The maximum Gasteiger partial charge on any atom is 0.573 e. The van der Waals surface area contributed by atoms with Crippen molar-refractivity contribution in [3.8, 4) is 11.5 Å². The van der Waals surface area contributed by atoms with Crippen molar-refractivity contribution in [2.45, 2.75) is 6.36 Å². The lowest BCUT2D eigenvalue weighted by atomic mass is 10.2. The van der Waals surface area contributed by atoms with Crippen LogP contribution >= 0.6 is 31.9 Å². The third kappa shape index (κ3) is 5.75. The Kier molecular flexibility index (Phi) is 6.07. The van der Waals surface area contributed by atoms with Gasteiger partial charge in [0.15, 0.2) is 0 Å². The van der Waals surface area contributed by atoms with E-state index < -0.39 is 18.0 Å². The highest BCUT2D eigenvalue weighted by molar-refractivity contribution is 9.11. The predicted octanol–water partition coefficient (Wildman–Crippen LogP) is 4.58. The fourth-order valence-electron chi connectivity index (χ4n) is 1.72. The van der Waals surface area contributed by atoms with Gasteiger partial charge in [-0.1, -0.05) is 15.9 Å². The van der Waals surface area contributed by atoms with Crippen molar-refractivity contribution in [2.75, 3.05) is 0 Å². The number of ether oxygens (including phenoxy) is 1. The van der Waals surface area contributed by atoms with Gasteiger partial charge in [0.05, 0.1) is 10.7 Å². The number of halogens is 5. The lowest BCUT2D eigenvalue weighted by Gasteiger charge is -2.08. The first-order chi connectivity index (χ1) is 11.7. The number of hydrogen-bond acceptors (Lipinski definition) is 4. The molecule has 0 radical (unpaired) electrons. The topological polar surface area (TPSA) is 70.9 Å². The molecule has 0 fully saturated rings. The van der Waals surface area contributed by atoms with Crippen LogP contribution in [0.15, 0.2) is 50.4 Å². The molecule has 5 nitrogen and oxygen atoms in total. The third-order valence-corrected chi connectivity index (χ3v) is 3.84. The molecule has 0 aliphatic carbocycles. The second-order valence-corrected chi connectivity index (χ2v) is 6.37. The number of rotatable bonds is 4.